The van der Waals surface area contributed by atoms with Crippen molar-refractivity contribution in [2.75, 3.05) is 25.6 Å². The maximum absolute atomic E-state index is 11.9. The molecule has 6 nitrogen and oxygen atoms in total. The summed E-state index contributed by atoms with van der Waals surface area (Å²) in [5, 5.41) is 6.78. The highest BCUT2D eigenvalue weighted by Crippen LogP contribution is 2.18. The van der Waals surface area contributed by atoms with Crippen LogP contribution in [0.5, 0.6) is 0 Å². The Labute approximate surface area is 117 Å². The molecule has 2 aromatic rings. The van der Waals surface area contributed by atoms with Crippen molar-refractivity contribution < 1.29 is 9.53 Å². The lowest BCUT2D eigenvalue weighted by Crippen LogP contribution is -2.39. The van der Waals surface area contributed by atoms with Crippen LogP contribution in [0.25, 0.3) is 10.9 Å². The Bertz CT molecular complexity index is 583. The predicted molar refractivity (Wildman–Crippen MR) is 77.5 cm³/mol. The zero-order valence-electron chi connectivity index (χ0n) is 11.6. The highest BCUT2D eigenvalue weighted by Gasteiger charge is 2.13. The maximum Gasteiger partial charge on any atom is 0.242 e. The van der Waals surface area contributed by atoms with Crippen molar-refractivity contribution in [2.45, 2.75) is 13.0 Å². The van der Waals surface area contributed by atoms with Crippen LogP contribution in [0.4, 0.5) is 5.82 Å². The summed E-state index contributed by atoms with van der Waals surface area (Å²) in [4.78, 5) is 20.3. The maximum atomic E-state index is 11.9. The molecule has 2 N–H and O–H groups in total. The van der Waals surface area contributed by atoms with Gasteiger partial charge < -0.3 is 15.4 Å². The Morgan fingerprint density at radius 1 is 1.35 bits per heavy atom. The van der Waals surface area contributed by atoms with Crippen LogP contribution in [-0.4, -0.2) is 42.2 Å². The third-order valence-electron chi connectivity index (χ3n) is 2.89. The van der Waals surface area contributed by atoms with Crippen molar-refractivity contribution in [2.24, 2.45) is 0 Å². The Morgan fingerprint density at radius 3 is 2.95 bits per heavy atom. The molecular weight excluding hydrogens is 256 g/mol. The molecule has 0 spiro atoms. The average molecular weight is 274 g/mol. The van der Waals surface area contributed by atoms with Crippen molar-refractivity contribution in [3.05, 3.63) is 30.6 Å². The van der Waals surface area contributed by atoms with E-state index >= 15 is 0 Å². The summed E-state index contributed by atoms with van der Waals surface area (Å²) in [7, 11) is 1.60. The number of nitrogens with one attached hydrogen (secondary N) is 2. The lowest BCUT2D eigenvalue weighted by atomic mass is 10.2. The van der Waals surface area contributed by atoms with Gasteiger partial charge in [-0.3, -0.25) is 4.79 Å². The second-order valence-electron chi connectivity index (χ2n) is 4.39. The van der Waals surface area contributed by atoms with Gasteiger partial charge >= 0.3 is 0 Å². The van der Waals surface area contributed by atoms with E-state index in [1.165, 1.54) is 6.33 Å². The van der Waals surface area contributed by atoms with Crippen LogP contribution >= 0.6 is 0 Å². The fraction of sp³-hybridized carbons (Fsp3) is 0.357. The number of aromatic nitrogens is 2. The van der Waals surface area contributed by atoms with Crippen molar-refractivity contribution in [3.8, 4) is 0 Å². The zero-order chi connectivity index (χ0) is 14.4. The molecule has 0 saturated carbocycles. The Morgan fingerprint density at radius 2 is 2.15 bits per heavy atom. The largest absolute Gasteiger partial charge is 0.383 e. The van der Waals surface area contributed by atoms with Crippen molar-refractivity contribution >= 4 is 22.6 Å². The predicted octanol–water partition coefficient (Wildman–Crippen LogP) is 1.19. The second-order valence-corrected chi connectivity index (χ2v) is 4.39. The number of carbonyl (C=O) groups excluding carboxylic acids is 1. The quantitative estimate of drug-likeness (QED) is 0.774. The summed E-state index contributed by atoms with van der Waals surface area (Å²) in [6.45, 7) is 2.78. The lowest BCUT2D eigenvalue weighted by molar-refractivity contribution is -0.121. The highest BCUT2D eigenvalue weighted by atomic mass is 16.5. The van der Waals surface area contributed by atoms with E-state index in [1.807, 2.05) is 24.3 Å². The van der Waals surface area contributed by atoms with Gasteiger partial charge in [-0.05, 0) is 19.1 Å². The fourth-order valence-electron chi connectivity index (χ4n) is 1.82. The van der Waals surface area contributed by atoms with Gasteiger partial charge in [-0.1, -0.05) is 12.1 Å². The first-order valence-electron chi connectivity index (χ1n) is 6.45. The van der Waals surface area contributed by atoms with Crippen LogP contribution in [-0.2, 0) is 9.53 Å². The van der Waals surface area contributed by atoms with Gasteiger partial charge in [0, 0.05) is 19.0 Å². The number of amides is 1. The van der Waals surface area contributed by atoms with Gasteiger partial charge in [-0.25, -0.2) is 9.97 Å². The zero-order valence-corrected chi connectivity index (χ0v) is 11.6. The van der Waals surface area contributed by atoms with E-state index in [9.17, 15) is 4.79 Å². The first-order chi connectivity index (χ1) is 9.72. The molecule has 1 aromatic carbocycles. The number of anilines is 1. The van der Waals surface area contributed by atoms with Crippen LogP contribution in [0.3, 0.4) is 0 Å². The number of fused-ring (bicyclic) bond motifs is 1. The molecule has 0 bridgehead atoms. The number of rotatable bonds is 6. The summed E-state index contributed by atoms with van der Waals surface area (Å²) >= 11 is 0. The van der Waals surface area contributed by atoms with Crippen LogP contribution < -0.4 is 10.6 Å². The molecule has 0 fully saturated rings. The number of para-hydroxylation sites is 1. The van der Waals surface area contributed by atoms with Crippen molar-refractivity contribution in [1.29, 1.82) is 0 Å². The van der Waals surface area contributed by atoms with E-state index in [0.717, 1.165) is 10.9 Å². The highest BCUT2D eigenvalue weighted by molar-refractivity contribution is 5.91. The molecule has 2 rings (SSSR count). The molecule has 1 amide bonds. The summed E-state index contributed by atoms with van der Waals surface area (Å²) < 4.78 is 4.89. The molecule has 1 atom stereocenters. The summed E-state index contributed by atoms with van der Waals surface area (Å²) in [6.07, 6.45) is 1.49. The Balaban J connectivity index is 2.06. The molecule has 0 saturated heterocycles. The van der Waals surface area contributed by atoms with E-state index in [4.69, 9.17) is 4.74 Å². The first kappa shape index (κ1) is 14.2. The standard InChI is InChI=1S/C14H18N4O2/c1-10(14(19)15-7-8-20-2)18-13-11-5-3-4-6-12(11)16-9-17-13/h3-6,9-10H,7-8H2,1-2H3,(H,15,19)(H,16,17,18). The minimum absolute atomic E-state index is 0.0928. The van der Waals surface area contributed by atoms with Gasteiger partial charge in [0.1, 0.15) is 18.2 Å². The smallest absolute Gasteiger partial charge is 0.242 e. The number of hydrogen-bond donors (Lipinski definition) is 2. The molecule has 6 heteroatoms. The van der Waals surface area contributed by atoms with Crippen LogP contribution in [0.1, 0.15) is 6.92 Å². The number of nitrogens with zero attached hydrogens (tertiary/aromatic N) is 2. The van der Waals surface area contributed by atoms with E-state index in [0.29, 0.717) is 19.0 Å². The van der Waals surface area contributed by atoms with Crippen LogP contribution in [0.2, 0.25) is 0 Å². The number of benzene rings is 1. The third kappa shape index (κ3) is 3.42. The summed E-state index contributed by atoms with van der Waals surface area (Å²) in [5.74, 6) is 0.565. The Kier molecular flexibility index (Phi) is 4.84. The van der Waals surface area contributed by atoms with E-state index < -0.39 is 0 Å². The summed E-state index contributed by atoms with van der Waals surface area (Å²) in [6, 6.07) is 7.28. The minimum Gasteiger partial charge on any atom is -0.383 e. The molecule has 20 heavy (non-hydrogen) atoms. The number of methoxy groups -OCH3 is 1. The SMILES string of the molecule is COCCNC(=O)C(C)Nc1ncnc2ccccc12. The van der Waals surface area contributed by atoms with Gasteiger partial charge in [0.05, 0.1) is 12.1 Å². The topological polar surface area (TPSA) is 76.1 Å². The molecule has 0 aliphatic rings. The normalized spacial score (nSPS) is 12.1. The Hall–Kier alpha value is -2.21. The fourth-order valence-corrected chi connectivity index (χ4v) is 1.82. The average Bonchev–Trinajstić information content (AvgIpc) is 2.47. The van der Waals surface area contributed by atoms with Crippen LogP contribution in [0.15, 0.2) is 30.6 Å². The van der Waals surface area contributed by atoms with Gasteiger partial charge in [0.25, 0.3) is 0 Å². The number of hydrogen-bond acceptors (Lipinski definition) is 5. The van der Waals surface area contributed by atoms with Crippen molar-refractivity contribution in [3.63, 3.8) is 0 Å². The molecular formula is C14H18N4O2. The first-order valence-corrected chi connectivity index (χ1v) is 6.45. The molecule has 1 unspecified atom stereocenters. The third-order valence-corrected chi connectivity index (χ3v) is 2.89. The van der Waals surface area contributed by atoms with Gasteiger partial charge in [0.15, 0.2) is 0 Å². The number of carbonyl (C=O) groups is 1. The molecule has 1 heterocycles. The van der Waals surface area contributed by atoms with Gasteiger partial charge in [-0.2, -0.15) is 0 Å². The van der Waals surface area contributed by atoms with Crippen LogP contribution in [0, 0.1) is 0 Å². The van der Waals surface area contributed by atoms with E-state index in [2.05, 4.69) is 20.6 Å². The van der Waals surface area contributed by atoms with Gasteiger partial charge in [0.2, 0.25) is 5.91 Å². The molecule has 0 aliphatic carbocycles. The molecule has 0 aliphatic heterocycles. The molecule has 106 valence electrons. The van der Waals surface area contributed by atoms with E-state index in [-0.39, 0.29) is 11.9 Å². The van der Waals surface area contributed by atoms with E-state index in [1.54, 1.807) is 14.0 Å². The van der Waals surface area contributed by atoms with Crippen molar-refractivity contribution in [1.82, 2.24) is 15.3 Å². The van der Waals surface area contributed by atoms with Gasteiger partial charge in [-0.15, -0.1) is 0 Å². The second kappa shape index (κ2) is 6.81. The monoisotopic (exact) mass is 274 g/mol. The molecule has 0 radical (unpaired) electrons. The number of ether oxygens (including phenoxy) is 1. The molecule has 1 aromatic heterocycles. The summed E-state index contributed by atoms with van der Waals surface area (Å²) in [5.41, 5.74) is 0.844. The minimum atomic E-state index is -0.384. The lowest BCUT2D eigenvalue weighted by Gasteiger charge is -2.15.